The highest BCUT2D eigenvalue weighted by molar-refractivity contribution is 5.79. The van der Waals surface area contributed by atoms with E-state index in [1.54, 1.807) is 20.8 Å². The number of ether oxygens (including phenoxy) is 3. The molecule has 1 fully saturated rings. The molecule has 0 aromatic carbocycles. The Morgan fingerprint density at radius 1 is 1.65 bits per heavy atom. The summed E-state index contributed by atoms with van der Waals surface area (Å²) in [6.45, 7) is 6.46. The Morgan fingerprint density at radius 2 is 2.24 bits per heavy atom. The quantitative estimate of drug-likeness (QED) is 0.671. The summed E-state index contributed by atoms with van der Waals surface area (Å²) in [4.78, 5) is 11.5. The zero-order valence-electron chi connectivity index (χ0n) is 10.6. The van der Waals surface area contributed by atoms with Crippen molar-refractivity contribution in [1.29, 1.82) is 0 Å². The molecule has 2 N–H and O–H groups in total. The summed E-state index contributed by atoms with van der Waals surface area (Å²) in [7, 11) is 0. The molecular weight excluding hydrogens is 228 g/mol. The molecule has 6 nitrogen and oxygen atoms in total. The molecule has 1 rings (SSSR count). The maximum Gasteiger partial charge on any atom is 0.340 e. The van der Waals surface area contributed by atoms with E-state index in [-0.39, 0.29) is 13.2 Å². The van der Waals surface area contributed by atoms with Crippen LogP contribution in [0.2, 0.25) is 0 Å². The maximum atomic E-state index is 11.5. The van der Waals surface area contributed by atoms with Gasteiger partial charge in [-0.05, 0) is 27.7 Å². The van der Waals surface area contributed by atoms with Gasteiger partial charge in [0.25, 0.3) is 0 Å². The molecule has 0 bridgehead atoms. The third-order valence-corrected chi connectivity index (χ3v) is 2.65. The molecule has 1 aliphatic rings. The fourth-order valence-corrected chi connectivity index (χ4v) is 1.63. The monoisotopic (exact) mass is 248 g/mol. The van der Waals surface area contributed by atoms with Crippen LogP contribution in [0.25, 0.3) is 0 Å². The number of esters is 1. The van der Waals surface area contributed by atoms with Crippen LogP contribution in [0.3, 0.4) is 0 Å². The van der Waals surface area contributed by atoms with Crippen LogP contribution >= 0.6 is 0 Å². The van der Waals surface area contributed by atoms with Crippen molar-refractivity contribution in [2.24, 2.45) is 0 Å². The first-order valence-electron chi connectivity index (χ1n) is 5.60. The molecule has 6 heteroatoms. The van der Waals surface area contributed by atoms with E-state index >= 15 is 0 Å². The summed E-state index contributed by atoms with van der Waals surface area (Å²) in [5, 5.41) is 19.9. The Balaban J connectivity index is 2.69. The lowest BCUT2D eigenvalue weighted by molar-refractivity contribution is -0.195. The minimum atomic E-state index is -2.01. The predicted octanol–water partition coefficient (Wildman–Crippen LogP) is -0.187. The number of carbonyl (C=O) groups is 1. The number of hydrogen-bond acceptors (Lipinski definition) is 6. The van der Waals surface area contributed by atoms with Crippen molar-refractivity contribution in [3.05, 3.63) is 0 Å². The maximum absolute atomic E-state index is 11.5. The molecule has 0 saturated carbocycles. The van der Waals surface area contributed by atoms with Crippen molar-refractivity contribution in [3.63, 3.8) is 0 Å². The van der Waals surface area contributed by atoms with Crippen molar-refractivity contribution in [2.75, 3.05) is 13.2 Å². The molecule has 100 valence electrons. The number of aliphatic hydroxyl groups excluding tert-OH is 1. The van der Waals surface area contributed by atoms with Gasteiger partial charge in [-0.3, -0.25) is 0 Å². The van der Waals surface area contributed by atoms with Crippen LogP contribution in [-0.4, -0.2) is 53.0 Å². The average molecular weight is 248 g/mol. The second-order valence-corrected chi connectivity index (χ2v) is 4.68. The molecule has 17 heavy (non-hydrogen) atoms. The molecule has 1 saturated heterocycles. The van der Waals surface area contributed by atoms with E-state index in [1.807, 2.05) is 0 Å². The highest BCUT2D eigenvalue weighted by Crippen LogP contribution is 2.28. The van der Waals surface area contributed by atoms with Gasteiger partial charge in [-0.1, -0.05) is 0 Å². The second kappa shape index (κ2) is 4.89. The number of hydrogen-bond donors (Lipinski definition) is 2. The van der Waals surface area contributed by atoms with E-state index in [2.05, 4.69) is 0 Å². The summed E-state index contributed by atoms with van der Waals surface area (Å²) in [6.07, 6.45) is -2.16. The summed E-state index contributed by atoms with van der Waals surface area (Å²) in [5.41, 5.74) is -2.01. The van der Waals surface area contributed by atoms with Gasteiger partial charge in [0.2, 0.25) is 0 Å². The molecule has 1 heterocycles. The minimum absolute atomic E-state index is 0.115. The molecule has 0 amide bonds. The molecule has 0 unspecified atom stereocenters. The zero-order valence-corrected chi connectivity index (χ0v) is 10.6. The highest BCUT2D eigenvalue weighted by atomic mass is 16.7. The highest BCUT2D eigenvalue weighted by Gasteiger charge is 2.48. The Kier molecular flexibility index (Phi) is 4.14. The molecule has 3 atom stereocenters. The van der Waals surface area contributed by atoms with Gasteiger partial charge in [0, 0.05) is 0 Å². The van der Waals surface area contributed by atoms with Gasteiger partial charge < -0.3 is 24.4 Å². The van der Waals surface area contributed by atoms with E-state index in [0.717, 1.165) is 0 Å². The lowest BCUT2D eigenvalue weighted by Gasteiger charge is -2.30. The lowest BCUT2D eigenvalue weighted by Crippen LogP contribution is -2.54. The van der Waals surface area contributed by atoms with Crippen molar-refractivity contribution in [3.8, 4) is 0 Å². The zero-order chi connectivity index (χ0) is 13.3. The first-order chi connectivity index (χ1) is 7.70. The van der Waals surface area contributed by atoms with Gasteiger partial charge in [-0.15, -0.1) is 0 Å². The van der Waals surface area contributed by atoms with Crippen LogP contribution in [0.5, 0.6) is 0 Å². The van der Waals surface area contributed by atoms with Gasteiger partial charge in [0.05, 0.1) is 13.2 Å². The molecule has 0 spiro atoms. The van der Waals surface area contributed by atoms with Crippen molar-refractivity contribution >= 4 is 5.97 Å². The second-order valence-electron chi connectivity index (χ2n) is 4.68. The van der Waals surface area contributed by atoms with E-state index in [9.17, 15) is 15.0 Å². The fraction of sp³-hybridized carbons (Fsp3) is 0.909. The van der Waals surface area contributed by atoms with Crippen molar-refractivity contribution < 1.29 is 29.2 Å². The predicted molar refractivity (Wildman–Crippen MR) is 58.2 cm³/mol. The lowest BCUT2D eigenvalue weighted by atomic mass is 9.95. The van der Waals surface area contributed by atoms with Crippen molar-refractivity contribution in [1.82, 2.24) is 0 Å². The molecular formula is C11H20O6. The first kappa shape index (κ1) is 14.4. The summed E-state index contributed by atoms with van der Waals surface area (Å²) < 4.78 is 15.3. The van der Waals surface area contributed by atoms with Crippen LogP contribution in [0.4, 0.5) is 0 Å². The van der Waals surface area contributed by atoms with E-state index in [4.69, 9.17) is 14.2 Å². The molecule has 1 aliphatic heterocycles. The standard InChI is InChI=1S/C11H20O6/c1-5-15-9(13)11(4,14)8(12)7-6-16-10(2,3)17-7/h7-8,12,14H,5-6H2,1-4H3/t7-,8+,11-/m1/s1. The number of rotatable bonds is 4. The van der Waals surface area contributed by atoms with Crippen LogP contribution in [-0.2, 0) is 19.0 Å². The van der Waals surface area contributed by atoms with Gasteiger partial charge >= 0.3 is 5.97 Å². The Bertz CT molecular complexity index is 286. The number of aliphatic hydroxyl groups is 2. The van der Waals surface area contributed by atoms with Gasteiger partial charge in [0.15, 0.2) is 11.4 Å². The van der Waals surface area contributed by atoms with Crippen molar-refractivity contribution in [2.45, 2.75) is 51.3 Å². The van der Waals surface area contributed by atoms with Gasteiger partial charge in [-0.25, -0.2) is 4.79 Å². The third kappa shape index (κ3) is 3.16. The third-order valence-electron chi connectivity index (χ3n) is 2.65. The summed E-state index contributed by atoms with van der Waals surface area (Å²) >= 11 is 0. The molecule has 0 aliphatic carbocycles. The molecule has 0 aromatic rings. The Hall–Kier alpha value is -0.690. The SMILES string of the molecule is CCOC(=O)[C@](C)(O)[C@@H](O)[C@H]1COC(C)(C)O1. The average Bonchev–Trinajstić information content (AvgIpc) is 2.58. The summed E-state index contributed by atoms with van der Waals surface area (Å²) in [5.74, 6) is -1.70. The van der Waals surface area contributed by atoms with E-state index in [1.165, 1.54) is 6.92 Å². The van der Waals surface area contributed by atoms with Gasteiger partial charge in [0.1, 0.15) is 12.2 Å². The minimum Gasteiger partial charge on any atom is -0.464 e. The summed E-state index contributed by atoms with van der Waals surface area (Å²) in [6, 6.07) is 0. The van der Waals surface area contributed by atoms with Crippen LogP contribution in [0.1, 0.15) is 27.7 Å². The number of carbonyl (C=O) groups excluding carboxylic acids is 1. The Morgan fingerprint density at radius 3 is 2.65 bits per heavy atom. The largest absolute Gasteiger partial charge is 0.464 e. The smallest absolute Gasteiger partial charge is 0.340 e. The van der Waals surface area contributed by atoms with Crippen LogP contribution in [0, 0.1) is 0 Å². The van der Waals surface area contributed by atoms with Gasteiger partial charge in [-0.2, -0.15) is 0 Å². The van der Waals surface area contributed by atoms with E-state index < -0.39 is 29.6 Å². The molecule has 0 aromatic heterocycles. The first-order valence-corrected chi connectivity index (χ1v) is 5.60. The van der Waals surface area contributed by atoms with E-state index in [0.29, 0.717) is 0 Å². The Labute approximate surface area is 100 Å². The normalized spacial score (nSPS) is 28.5. The topological polar surface area (TPSA) is 85.2 Å². The van der Waals surface area contributed by atoms with Crippen LogP contribution < -0.4 is 0 Å². The fourth-order valence-electron chi connectivity index (χ4n) is 1.63. The molecule has 0 radical (unpaired) electrons. The van der Waals surface area contributed by atoms with Crippen LogP contribution in [0.15, 0.2) is 0 Å².